The first-order valence-corrected chi connectivity index (χ1v) is 3.50. The van der Waals surface area contributed by atoms with E-state index in [1.165, 1.54) is 0 Å². The Bertz CT molecular complexity index is 321. The van der Waals surface area contributed by atoms with Crippen molar-refractivity contribution in [2.24, 2.45) is 5.28 Å². The van der Waals surface area contributed by atoms with Crippen molar-refractivity contribution in [3.63, 3.8) is 0 Å². The van der Waals surface area contributed by atoms with Gasteiger partial charge in [-0.3, -0.25) is 0 Å². The fourth-order valence-electron chi connectivity index (χ4n) is 0.847. The summed E-state index contributed by atoms with van der Waals surface area (Å²) in [5.74, 6) is 5.83. The number of rotatable bonds is 2. The van der Waals surface area contributed by atoms with Crippen LogP contribution < -0.4 is 5.90 Å². The molecule has 1 amide bonds. The van der Waals surface area contributed by atoms with E-state index >= 15 is 0 Å². The molecule has 1 N–H and O–H groups in total. The van der Waals surface area contributed by atoms with Crippen molar-refractivity contribution in [1.82, 2.24) is 5.90 Å². The second-order valence-electron chi connectivity index (χ2n) is 2.21. The third-order valence-electron chi connectivity index (χ3n) is 1.36. The van der Waals surface area contributed by atoms with Crippen molar-refractivity contribution < 1.29 is 14.4 Å². The second kappa shape index (κ2) is 4.32. The van der Waals surface area contributed by atoms with Crippen LogP contribution in [0.1, 0.15) is 0 Å². The van der Waals surface area contributed by atoms with Gasteiger partial charge in [0, 0.05) is 16.8 Å². The number of carbonyl (C=O) groups excluding carboxylic acids is 1. The Labute approximate surface area is 75.3 Å². The minimum Gasteiger partial charge on any atom is -0.227 e. The maximum absolute atomic E-state index is 10.9. The smallest absolute Gasteiger partial charge is 0.227 e. The zero-order valence-electron chi connectivity index (χ0n) is 6.80. The van der Waals surface area contributed by atoms with Crippen LogP contribution in [0.4, 0.5) is 5.69 Å². The van der Waals surface area contributed by atoms with E-state index in [1.807, 2.05) is 0 Å². The van der Waals surface area contributed by atoms with E-state index in [9.17, 15) is 4.79 Å². The quantitative estimate of drug-likeness (QED) is 0.389. The number of benzene rings is 1. The molecular formula is C8H8N3O2+. The largest absolute Gasteiger partial charge is 0.421 e. The van der Waals surface area contributed by atoms with Crippen LogP contribution >= 0.6 is 0 Å². The number of amides is 1. The van der Waals surface area contributed by atoms with Crippen molar-refractivity contribution in [2.75, 3.05) is 0 Å². The van der Waals surface area contributed by atoms with Gasteiger partial charge in [0.1, 0.15) is 0 Å². The Morgan fingerprint density at radius 2 is 2.08 bits per heavy atom. The lowest BCUT2D eigenvalue weighted by molar-refractivity contribution is -0.466. The number of hydrogen-bond donors (Lipinski definition) is 0. The average Bonchev–Trinajstić information content (AvgIpc) is 2.15. The minimum atomic E-state index is -0.557. The van der Waals surface area contributed by atoms with Crippen molar-refractivity contribution in [1.29, 1.82) is 0 Å². The van der Waals surface area contributed by atoms with Crippen LogP contribution in [-0.2, 0) is 9.73 Å². The predicted molar refractivity (Wildman–Crippen MR) is 43.3 cm³/mol. The molecule has 13 heavy (non-hydrogen) atoms. The summed E-state index contributed by atoms with van der Waals surface area (Å²) in [7, 11) is 0. The highest BCUT2D eigenvalue weighted by Gasteiger charge is 2.18. The monoisotopic (exact) mass is 178 g/mol. The number of nitrogens with zero attached hydrogens (tertiary/aromatic N) is 2. The van der Waals surface area contributed by atoms with Gasteiger partial charge in [0.25, 0.3) is 0 Å². The van der Waals surface area contributed by atoms with Gasteiger partial charge in [-0.1, -0.05) is 18.2 Å². The van der Waals surface area contributed by atoms with Gasteiger partial charge < -0.3 is 0 Å². The van der Waals surface area contributed by atoms with Crippen molar-refractivity contribution >= 4 is 11.6 Å². The fourth-order valence-corrected chi connectivity index (χ4v) is 0.847. The maximum Gasteiger partial charge on any atom is 0.421 e. The lowest BCUT2D eigenvalue weighted by Crippen LogP contribution is -2.10. The molecular weight excluding hydrogens is 170 g/mol. The first-order valence-electron chi connectivity index (χ1n) is 3.50. The summed E-state index contributed by atoms with van der Waals surface area (Å²) in [5, 5.41) is 3.18. The first-order chi connectivity index (χ1) is 6.25. The van der Waals surface area contributed by atoms with Crippen LogP contribution in [-0.4, -0.2) is 10.6 Å². The Morgan fingerprint density at radius 3 is 2.54 bits per heavy atom. The highest BCUT2D eigenvalue weighted by Crippen LogP contribution is 2.10. The Kier molecular flexibility index (Phi) is 3.10. The molecule has 0 aliphatic rings. The van der Waals surface area contributed by atoms with Gasteiger partial charge in [-0.25, -0.2) is 9.73 Å². The fraction of sp³-hybridized carbons (Fsp3) is 0. The summed E-state index contributed by atoms with van der Waals surface area (Å²) < 4.78 is 0.896. The molecule has 0 bridgehead atoms. The number of nitrogens with one attached hydrogen (secondary N) is 1. The van der Waals surface area contributed by atoms with E-state index in [1.54, 1.807) is 30.3 Å². The molecule has 66 valence electrons. The van der Waals surface area contributed by atoms with E-state index in [-0.39, 0.29) is 0 Å². The minimum absolute atomic E-state index is 0.509. The molecule has 0 aromatic heterocycles. The van der Waals surface area contributed by atoms with Crippen LogP contribution in [0, 0.1) is 6.92 Å². The molecule has 0 aliphatic carbocycles. The standard InChI is InChI=1S/C8H8N3O2/c1-7(12)11(10-13-9)8-5-3-2-4-6-8/h2-6,9H,1H2/q+1. The molecule has 0 aliphatic heterocycles. The summed E-state index contributed by atoms with van der Waals surface area (Å²) >= 11 is 0. The molecule has 1 rings (SSSR count). The number of hydrogen-bond acceptors (Lipinski definition) is 3. The van der Waals surface area contributed by atoms with Crippen LogP contribution in [0.3, 0.4) is 0 Å². The van der Waals surface area contributed by atoms with E-state index < -0.39 is 5.91 Å². The summed E-state index contributed by atoms with van der Waals surface area (Å²) in [6.07, 6.45) is 0. The lowest BCUT2D eigenvalue weighted by atomic mass is 10.3. The molecule has 5 nitrogen and oxygen atoms in total. The van der Waals surface area contributed by atoms with Crippen molar-refractivity contribution in [2.45, 2.75) is 0 Å². The normalized spacial score (nSPS) is 11.1. The van der Waals surface area contributed by atoms with Crippen LogP contribution in [0.15, 0.2) is 35.6 Å². The summed E-state index contributed by atoms with van der Waals surface area (Å²) in [4.78, 5) is 14.7. The molecule has 0 saturated carbocycles. The van der Waals surface area contributed by atoms with Gasteiger partial charge in [-0.05, 0) is 5.90 Å². The zero-order chi connectivity index (χ0) is 9.68. The molecule has 5 heteroatoms. The van der Waals surface area contributed by atoms with Crippen molar-refractivity contribution in [3.8, 4) is 0 Å². The Morgan fingerprint density at radius 1 is 1.46 bits per heavy atom. The molecule has 0 atom stereocenters. The summed E-state index contributed by atoms with van der Waals surface area (Å²) in [5.41, 5.74) is 0.509. The highest BCUT2D eigenvalue weighted by molar-refractivity contribution is 5.73. The second-order valence-corrected chi connectivity index (χ2v) is 2.21. The molecule has 1 aromatic carbocycles. The van der Waals surface area contributed by atoms with E-state index in [4.69, 9.17) is 5.90 Å². The number of para-hydroxylation sites is 1. The number of carbonyl (C=O) groups is 1. The molecule has 0 fully saturated rings. The van der Waals surface area contributed by atoms with Gasteiger partial charge in [-0.15, -0.1) is 0 Å². The van der Waals surface area contributed by atoms with Crippen LogP contribution in [0.2, 0.25) is 0 Å². The Balaban J connectivity index is 3.03. The summed E-state index contributed by atoms with van der Waals surface area (Å²) in [6, 6.07) is 8.60. The van der Waals surface area contributed by atoms with Gasteiger partial charge in [0.15, 0.2) is 0 Å². The molecule has 2 radical (unpaired) electrons. The summed E-state index contributed by atoms with van der Waals surface area (Å²) in [6.45, 7) is 3.16. The van der Waals surface area contributed by atoms with Gasteiger partial charge in [0.2, 0.25) is 11.0 Å². The van der Waals surface area contributed by atoms with Crippen molar-refractivity contribution in [3.05, 3.63) is 37.3 Å². The van der Waals surface area contributed by atoms with Crippen LogP contribution in [0.5, 0.6) is 0 Å². The molecule has 0 unspecified atom stereocenters. The molecule has 0 saturated heterocycles. The topological polar surface area (TPSA) is 65.5 Å². The van der Waals surface area contributed by atoms with Gasteiger partial charge in [-0.2, -0.15) is 0 Å². The Hall–Kier alpha value is -1.75. The highest BCUT2D eigenvalue weighted by atomic mass is 16.8. The zero-order valence-corrected chi connectivity index (χ0v) is 6.80. The maximum atomic E-state index is 10.9. The first kappa shape index (κ1) is 9.34. The van der Waals surface area contributed by atoms with E-state index in [2.05, 4.69) is 17.1 Å². The third kappa shape index (κ3) is 2.34. The lowest BCUT2D eigenvalue weighted by Gasteiger charge is -1.90. The molecule has 0 spiro atoms. The van der Waals surface area contributed by atoms with E-state index in [0.717, 1.165) is 4.70 Å². The van der Waals surface area contributed by atoms with E-state index in [0.29, 0.717) is 5.69 Å². The SMILES string of the molecule is [CH2]C(=O)[N+](=NO[NH])c1ccccc1. The van der Waals surface area contributed by atoms with Gasteiger partial charge in [0.05, 0.1) is 6.92 Å². The molecule has 0 heterocycles. The molecule has 1 aromatic rings. The average molecular weight is 178 g/mol. The predicted octanol–water partition coefficient (Wildman–Crippen LogP) is 1.27. The van der Waals surface area contributed by atoms with Gasteiger partial charge >= 0.3 is 5.91 Å². The third-order valence-corrected chi connectivity index (χ3v) is 1.36. The van der Waals surface area contributed by atoms with Crippen LogP contribution in [0.25, 0.3) is 0 Å².